The first kappa shape index (κ1) is 28.9. The number of carbonyl (C=O) groups is 2. The van der Waals surface area contributed by atoms with Gasteiger partial charge in [0.25, 0.3) is 0 Å². The molecule has 3 aliphatic rings. The van der Waals surface area contributed by atoms with Gasteiger partial charge >= 0.3 is 0 Å². The maximum absolute atomic E-state index is 13.5. The summed E-state index contributed by atoms with van der Waals surface area (Å²) in [5.41, 5.74) is 10.8. The van der Waals surface area contributed by atoms with E-state index in [9.17, 15) is 9.59 Å². The minimum atomic E-state index is -0.0869. The molecule has 4 heteroatoms. The first-order valence-corrected chi connectivity index (χ1v) is 18.5. The molecule has 0 aliphatic heterocycles. The highest BCUT2D eigenvalue weighted by Gasteiger charge is 2.46. The molecule has 2 aromatic heterocycles. The molecule has 2 aromatic carbocycles. The lowest BCUT2D eigenvalue weighted by molar-refractivity contribution is 0.103. The number of ketones is 2. The van der Waals surface area contributed by atoms with Crippen LogP contribution in [0.4, 0.5) is 0 Å². The van der Waals surface area contributed by atoms with E-state index in [4.69, 9.17) is 0 Å². The Kier molecular flexibility index (Phi) is 8.03. The maximum atomic E-state index is 13.5. The first-order chi connectivity index (χ1) is 21.1. The predicted molar refractivity (Wildman–Crippen MR) is 182 cm³/mol. The fourth-order valence-corrected chi connectivity index (χ4v) is 9.94. The highest BCUT2D eigenvalue weighted by Crippen LogP contribution is 2.59. The summed E-state index contributed by atoms with van der Waals surface area (Å²) in [5.74, 6) is 0.304. The molecule has 0 fully saturated rings. The number of fused-ring (bicyclic) bond motifs is 9. The van der Waals surface area contributed by atoms with Gasteiger partial charge in [0.1, 0.15) is 0 Å². The monoisotopic (exact) mass is 606 g/mol. The van der Waals surface area contributed by atoms with Crippen molar-refractivity contribution in [1.82, 2.24) is 0 Å². The van der Waals surface area contributed by atoms with E-state index in [-0.39, 0.29) is 17.0 Å². The smallest absolute Gasteiger partial charge is 0.195 e. The van der Waals surface area contributed by atoms with E-state index in [0.717, 1.165) is 56.0 Å². The zero-order valence-electron chi connectivity index (χ0n) is 25.7. The largest absolute Gasteiger partial charge is 0.289 e. The number of thiophene rings is 2. The Morgan fingerprint density at radius 2 is 0.907 bits per heavy atom. The Hall–Kier alpha value is -2.82. The van der Waals surface area contributed by atoms with Crippen molar-refractivity contribution < 1.29 is 9.59 Å². The molecule has 0 unspecified atom stereocenters. The topological polar surface area (TPSA) is 34.1 Å². The lowest BCUT2D eigenvalue weighted by atomic mass is 9.70. The van der Waals surface area contributed by atoms with Crippen LogP contribution in [0.25, 0.3) is 32.0 Å². The third-order valence-corrected chi connectivity index (χ3v) is 12.2. The van der Waals surface area contributed by atoms with E-state index >= 15 is 0 Å². The summed E-state index contributed by atoms with van der Waals surface area (Å²) in [4.78, 5) is 29.3. The van der Waals surface area contributed by atoms with Gasteiger partial charge in [-0.05, 0) is 82.3 Å². The molecular formula is C39H42O2S2. The van der Waals surface area contributed by atoms with Gasteiger partial charge in [-0.1, -0.05) is 90.9 Å². The molecule has 3 aliphatic carbocycles. The first-order valence-electron chi connectivity index (χ1n) is 16.7. The molecule has 2 heterocycles. The zero-order valence-corrected chi connectivity index (χ0v) is 27.3. The van der Waals surface area contributed by atoms with E-state index in [2.05, 4.69) is 48.9 Å². The lowest BCUT2D eigenvalue weighted by Crippen LogP contribution is -2.26. The highest BCUT2D eigenvalue weighted by molar-refractivity contribution is 7.14. The van der Waals surface area contributed by atoms with Crippen LogP contribution in [-0.4, -0.2) is 11.6 Å². The second-order valence-corrected chi connectivity index (χ2v) is 14.8. The summed E-state index contributed by atoms with van der Waals surface area (Å²) in [6, 6.07) is 13.2. The fraction of sp³-hybridized carbons (Fsp3) is 0.436. The third kappa shape index (κ3) is 4.71. The number of rotatable bonds is 14. The second-order valence-electron chi connectivity index (χ2n) is 13.0. The molecule has 0 saturated carbocycles. The molecule has 222 valence electrons. The van der Waals surface area contributed by atoms with Crippen LogP contribution in [0, 0.1) is 0 Å². The quantitative estimate of drug-likeness (QED) is 0.116. The number of benzene rings is 2. The standard InChI is InChI=1S/C39H42O2S2/c1-3-5-7-9-11-13-17-39(18-14-12-10-8-6-4-2)33-23-31-29(35(40)25-15-19-42-37(25)31)21-27(33)28-22-30-32(24-34(28)39)38-26(36(30)41)16-20-43-38/h15-16,19-24H,3-14,17-18H2,1-2H3. The van der Waals surface area contributed by atoms with E-state index < -0.39 is 0 Å². The number of hydrogen-bond acceptors (Lipinski definition) is 4. The third-order valence-electron chi connectivity index (χ3n) is 10.3. The Balaban J connectivity index is 1.35. The van der Waals surface area contributed by atoms with E-state index in [1.54, 1.807) is 22.7 Å². The van der Waals surface area contributed by atoms with Crippen molar-refractivity contribution in [3.8, 4) is 32.0 Å². The maximum Gasteiger partial charge on any atom is 0.195 e. The molecule has 0 radical (unpaired) electrons. The molecule has 2 nitrogen and oxygen atoms in total. The van der Waals surface area contributed by atoms with Gasteiger partial charge in [0.15, 0.2) is 11.6 Å². The minimum Gasteiger partial charge on any atom is -0.289 e. The number of hydrogen-bond donors (Lipinski definition) is 0. The van der Waals surface area contributed by atoms with E-state index in [1.807, 2.05) is 12.1 Å². The molecule has 0 bridgehead atoms. The minimum absolute atomic E-state index is 0.0869. The summed E-state index contributed by atoms with van der Waals surface area (Å²) < 4.78 is 0. The van der Waals surface area contributed by atoms with Crippen LogP contribution in [0.15, 0.2) is 47.2 Å². The Bertz CT molecular complexity index is 1570. The summed E-state index contributed by atoms with van der Waals surface area (Å²) in [6.45, 7) is 4.57. The van der Waals surface area contributed by atoms with Crippen LogP contribution in [-0.2, 0) is 5.41 Å². The summed E-state index contributed by atoms with van der Waals surface area (Å²) in [6.07, 6.45) is 17.6. The van der Waals surface area contributed by atoms with Crippen molar-refractivity contribution >= 4 is 34.2 Å². The van der Waals surface area contributed by atoms with E-state index in [0.29, 0.717) is 0 Å². The Labute approximate surface area is 264 Å². The molecule has 0 atom stereocenters. The zero-order chi connectivity index (χ0) is 29.6. The van der Waals surface area contributed by atoms with Crippen molar-refractivity contribution in [3.63, 3.8) is 0 Å². The van der Waals surface area contributed by atoms with Crippen molar-refractivity contribution in [2.75, 3.05) is 0 Å². The van der Waals surface area contributed by atoms with Gasteiger partial charge in [-0.15, -0.1) is 22.7 Å². The SMILES string of the molecule is CCCCCCCCC1(CCCCCCCC)c2cc3c(cc2-c2cc4c(cc21)-c1sccc1C4=O)C(=O)c1ccsc1-3. The second kappa shape index (κ2) is 11.9. The Morgan fingerprint density at radius 3 is 1.35 bits per heavy atom. The van der Waals surface area contributed by atoms with Crippen LogP contribution in [0.5, 0.6) is 0 Å². The van der Waals surface area contributed by atoms with Crippen LogP contribution in [0.3, 0.4) is 0 Å². The van der Waals surface area contributed by atoms with Crippen LogP contribution in [0.2, 0.25) is 0 Å². The van der Waals surface area contributed by atoms with Gasteiger partial charge in [-0.3, -0.25) is 9.59 Å². The molecule has 43 heavy (non-hydrogen) atoms. The molecule has 0 amide bonds. The molecule has 4 aromatic rings. The molecule has 7 rings (SSSR count). The summed E-state index contributed by atoms with van der Waals surface area (Å²) in [5, 5.41) is 4.12. The van der Waals surface area contributed by atoms with Gasteiger partial charge in [0, 0.05) is 48.5 Å². The molecule has 0 spiro atoms. The summed E-state index contributed by atoms with van der Waals surface area (Å²) >= 11 is 3.39. The van der Waals surface area contributed by atoms with Crippen molar-refractivity contribution in [3.05, 3.63) is 80.5 Å². The molecule has 0 saturated heterocycles. The average molecular weight is 607 g/mol. The van der Waals surface area contributed by atoms with Crippen LogP contribution in [0.1, 0.15) is 147 Å². The van der Waals surface area contributed by atoms with Gasteiger partial charge in [0.2, 0.25) is 0 Å². The molecular weight excluding hydrogens is 565 g/mol. The highest BCUT2D eigenvalue weighted by atomic mass is 32.1. The van der Waals surface area contributed by atoms with E-state index in [1.165, 1.54) is 99.3 Å². The predicted octanol–water partition coefficient (Wildman–Crippen LogP) is 12.0. The number of carbonyl (C=O) groups excluding carboxylic acids is 2. The van der Waals surface area contributed by atoms with Crippen molar-refractivity contribution in [2.24, 2.45) is 0 Å². The summed E-state index contributed by atoms with van der Waals surface area (Å²) in [7, 11) is 0. The fourth-order valence-electron chi connectivity index (χ4n) is 8.09. The normalized spacial score (nSPS) is 14.9. The van der Waals surface area contributed by atoms with Gasteiger partial charge in [-0.25, -0.2) is 0 Å². The van der Waals surface area contributed by atoms with Crippen molar-refractivity contribution in [2.45, 2.75) is 109 Å². The van der Waals surface area contributed by atoms with Crippen LogP contribution >= 0.6 is 22.7 Å². The average Bonchev–Trinajstić information content (AvgIpc) is 3.83. The lowest BCUT2D eigenvalue weighted by Gasteiger charge is -2.33. The molecule has 0 N–H and O–H groups in total. The van der Waals surface area contributed by atoms with Gasteiger partial charge in [0.05, 0.1) is 0 Å². The van der Waals surface area contributed by atoms with Gasteiger partial charge in [-0.2, -0.15) is 0 Å². The van der Waals surface area contributed by atoms with Crippen LogP contribution < -0.4 is 0 Å². The van der Waals surface area contributed by atoms with Gasteiger partial charge < -0.3 is 0 Å². The van der Waals surface area contributed by atoms with Crippen molar-refractivity contribution in [1.29, 1.82) is 0 Å². The Morgan fingerprint density at radius 1 is 0.488 bits per heavy atom. The number of unbranched alkanes of at least 4 members (excludes halogenated alkanes) is 10.